The predicted octanol–water partition coefficient (Wildman–Crippen LogP) is 1.16. The van der Waals surface area contributed by atoms with E-state index in [1.54, 1.807) is 10.9 Å². The summed E-state index contributed by atoms with van der Waals surface area (Å²) in [6.07, 6.45) is 7.69. The van der Waals surface area contributed by atoms with Gasteiger partial charge < -0.3 is 15.2 Å². The zero-order chi connectivity index (χ0) is 13.5. The second-order valence-electron chi connectivity index (χ2n) is 4.81. The summed E-state index contributed by atoms with van der Waals surface area (Å²) in [6, 6.07) is 0. The lowest BCUT2D eigenvalue weighted by Crippen LogP contribution is -2.15. The number of hydrogen-bond donors (Lipinski definition) is 2. The molecule has 1 aliphatic rings. The molecule has 2 rings (SSSR count). The van der Waals surface area contributed by atoms with Gasteiger partial charge in [-0.2, -0.15) is 5.10 Å². The smallest absolute Gasteiger partial charge is 0.224 e. The van der Waals surface area contributed by atoms with Gasteiger partial charge in [-0.25, -0.2) is 0 Å². The van der Waals surface area contributed by atoms with Crippen LogP contribution in [0.4, 0.5) is 5.69 Å². The van der Waals surface area contributed by atoms with Crippen molar-refractivity contribution in [3.8, 4) is 0 Å². The Balaban J connectivity index is 1.75. The van der Waals surface area contributed by atoms with Gasteiger partial charge in [-0.05, 0) is 25.7 Å². The number of rotatable bonds is 7. The fourth-order valence-electron chi connectivity index (χ4n) is 2.15. The van der Waals surface area contributed by atoms with Crippen LogP contribution in [0.3, 0.4) is 0 Å². The molecule has 0 saturated carbocycles. The first-order chi connectivity index (χ1) is 9.28. The number of nitrogens with one attached hydrogen (secondary N) is 1. The maximum absolute atomic E-state index is 11.6. The highest BCUT2D eigenvalue weighted by Gasteiger charge is 2.16. The van der Waals surface area contributed by atoms with E-state index in [2.05, 4.69) is 10.4 Å². The summed E-state index contributed by atoms with van der Waals surface area (Å²) in [7, 11) is 0. The Hall–Kier alpha value is -1.40. The zero-order valence-electron chi connectivity index (χ0n) is 11.0. The SMILES string of the molecule is O=C(CCCCO)Nc1cnn(CC2CCCO2)c1. The van der Waals surface area contributed by atoms with Gasteiger partial charge in [-0.3, -0.25) is 9.48 Å². The fourth-order valence-corrected chi connectivity index (χ4v) is 2.15. The lowest BCUT2D eigenvalue weighted by molar-refractivity contribution is -0.116. The minimum Gasteiger partial charge on any atom is -0.396 e. The summed E-state index contributed by atoms with van der Waals surface area (Å²) in [4.78, 5) is 11.6. The molecule has 19 heavy (non-hydrogen) atoms. The van der Waals surface area contributed by atoms with E-state index < -0.39 is 0 Å². The lowest BCUT2D eigenvalue weighted by atomic mass is 10.2. The zero-order valence-corrected chi connectivity index (χ0v) is 11.0. The number of ether oxygens (including phenoxy) is 1. The summed E-state index contributed by atoms with van der Waals surface area (Å²) < 4.78 is 7.35. The third kappa shape index (κ3) is 4.65. The van der Waals surface area contributed by atoms with Crippen LogP contribution in [0.2, 0.25) is 0 Å². The van der Waals surface area contributed by atoms with Crippen molar-refractivity contribution in [3.05, 3.63) is 12.4 Å². The van der Waals surface area contributed by atoms with Gasteiger partial charge in [0.05, 0.1) is 24.5 Å². The summed E-state index contributed by atoms with van der Waals surface area (Å²) >= 11 is 0. The standard InChI is InChI=1S/C13H21N3O3/c17-6-2-1-5-13(18)15-11-8-14-16(9-11)10-12-4-3-7-19-12/h8-9,12,17H,1-7,10H2,(H,15,18). The van der Waals surface area contributed by atoms with E-state index in [0.29, 0.717) is 24.9 Å². The quantitative estimate of drug-likeness (QED) is 0.727. The molecule has 6 heteroatoms. The van der Waals surface area contributed by atoms with Crippen LogP contribution in [0.1, 0.15) is 32.1 Å². The normalized spacial score (nSPS) is 18.7. The second-order valence-corrected chi connectivity index (χ2v) is 4.81. The van der Waals surface area contributed by atoms with Gasteiger partial charge in [0.15, 0.2) is 0 Å². The van der Waals surface area contributed by atoms with Crippen molar-refractivity contribution in [3.63, 3.8) is 0 Å². The maximum atomic E-state index is 11.6. The van der Waals surface area contributed by atoms with Crippen molar-refractivity contribution in [2.45, 2.75) is 44.8 Å². The molecule has 1 aromatic rings. The Kier molecular flexibility index (Phi) is 5.35. The summed E-state index contributed by atoms with van der Waals surface area (Å²) in [5.74, 6) is -0.0369. The Bertz CT molecular complexity index is 400. The number of carbonyl (C=O) groups excluding carboxylic acids is 1. The highest BCUT2D eigenvalue weighted by molar-refractivity contribution is 5.90. The van der Waals surface area contributed by atoms with E-state index in [4.69, 9.17) is 9.84 Å². The molecule has 0 radical (unpaired) electrons. The predicted molar refractivity (Wildman–Crippen MR) is 70.8 cm³/mol. The van der Waals surface area contributed by atoms with Gasteiger partial charge in [0.25, 0.3) is 0 Å². The van der Waals surface area contributed by atoms with Gasteiger partial charge >= 0.3 is 0 Å². The molecule has 0 spiro atoms. The average molecular weight is 267 g/mol. The van der Waals surface area contributed by atoms with Crippen molar-refractivity contribution < 1.29 is 14.6 Å². The minimum atomic E-state index is -0.0369. The molecule has 1 amide bonds. The third-order valence-corrected chi connectivity index (χ3v) is 3.14. The molecule has 1 aliphatic heterocycles. The van der Waals surface area contributed by atoms with Crippen LogP contribution < -0.4 is 5.32 Å². The van der Waals surface area contributed by atoms with Crippen molar-refractivity contribution >= 4 is 11.6 Å². The molecule has 0 aliphatic carbocycles. The third-order valence-electron chi connectivity index (χ3n) is 3.14. The van der Waals surface area contributed by atoms with E-state index in [1.807, 2.05) is 6.20 Å². The number of unbranched alkanes of at least 4 members (excludes halogenated alkanes) is 1. The number of anilines is 1. The molecule has 1 saturated heterocycles. The first-order valence-electron chi connectivity index (χ1n) is 6.82. The first kappa shape index (κ1) is 14.0. The highest BCUT2D eigenvalue weighted by Crippen LogP contribution is 2.15. The second kappa shape index (κ2) is 7.25. The number of amides is 1. The van der Waals surface area contributed by atoms with E-state index in [1.165, 1.54) is 0 Å². The molecule has 1 unspecified atom stereocenters. The number of aromatic nitrogens is 2. The van der Waals surface area contributed by atoms with Crippen LogP contribution in [0.25, 0.3) is 0 Å². The fraction of sp³-hybridized carbons (Fsp3) is 0.692. The summed E-state index contributed by atoms with van der Waals surface area (Å²) in [5.41, 5.74) is 0.715. The molecule has 2 heterocycles. The molecule has 106 valence electrons. The molecular weight excluding hydrogens is 246 g/mol. The Morgan fingerprint density at radius 3 is 3.21 bits per heavy atom. The van der Waals surface area contributed by atoms with Crippen LogP contribution >= 0.6 is 0 Å². The van der Waals surface area contributed by atoms with Crippen LogP contribution in [0.15, 0.2) is 12.4 Å². The number of carbonyl (C=O) groups is 1. The van der Waals surface area contributed by atoms with Crippen molar-refractivity contribution in [1.29, 1.82) is 0 Å². The van der Waals surface area contributed by atoms with E-state index in [0.717, 1.165) is 26.0 Å². The van der Waals surface area contributed by atoms with Crippen molar-refractivity contribution in [2.24, 2.45) is 0 Å². The first-order valence-corrected chi connectivity index (χ1v) is 6.82. The number of hydrogen-bond acceptors (Lipinski definition) is 4. The van der Waals surface area contributed by atoms with Gasteiger partial charge in [0, 0.05) is 25.8 Å². The molecule has 6 nitrogen and oxygen atoms in total. The summed E-state index contributed by atoms with van der Waals surface area (Å²) in [6.45, 7) is 1.70. The van der Waals surface area contributed by atoms with Crippen LogP contribution in [-0.4, -0.2) is 40.1 Å². The molecule has 1 atom stereocenters. The molecule has 2 N–H and O–H groups in total. The Morgan fingerprint density at radius 2 is 2.47 bits per heavy atom. The number of aliphatic hydroxyl groups excluding tert-OH is 1. The monoisotopic (exact) mass is 267 g/mol. The molecule has 0 bridgehead atoms. The molecule has 1 aromatic heterocycles. The van der Waals surface area contributed by atoms with E-state index in [-0.39, 0.29) is 18.6 Å². The topological polar surface area (TPSA) is 76.4 Å². The highest BCUT2D eigenvalue weighted by atomic mass is 16.5. The van der Waals surface area contributed by atoms with Crippen LogP contribution in [0, 0.1) is 0 Å². The number of aliphatic hydroxyl groups is 1. The Morgan fingerprint density at radius 1 is 1.58 bits per heavy atom. The molecular formula is C13H21N3O3. The number of nitrogens with zero attached hydrogens (tertiary/aromatic N) is 2. The minimum absolute atomic E-state index is 0.0369. The Labute approximate surface area is 112 Å². The average Bonchev–Trinajstić information content (AvgIpc) is 3.02. The van der Waals surface area contributed by atoms with E-state index in [9.17, 15) is 4.79 Å². The van der Waals surface area contributed by atoms with Gasteiger partial charge in [0.1, 0.15) is 0 Å². The maximum Gasteiger partial charge on any atom is 0.224 e. The van der Waals surface area contributed by atoms with Crippen LogP contribution in [-0.2, 0) is 16.1 Å². The van der Waals surface area contributed by atoms with Crippen molar-refractivity contribution in [2.75, 3.05) is 18.5 Å². The lowest BCUT2D eigenvalue weighted by Gasteiger charge is -2.08. The van der Waals surface area contributed by atoms with Crippen molar-refractivity contribution in [1.82, 2.24) is 9.78 Å². The largest absolute Gasteiger partial charge is 0.396 e. The summed E-state index contributed by atoms with van der Waals surface area (Å²) in [5, 5.41) is 15.7. The van der Waals surface area contributed by atoms with Gasteiger partial charge in [0.2, 0.25) is 5.91 Å². The molecule has 0 aromatic carbocycles. The van der Waals surface area contributed by atoms with Gasteiger partial charge in [-0.1, -0.05) is 0 Å². The van der Waals surface area contributed by atoms with Crippen LogP contribution in [0.5, 0.6) is 0 Å². The van der Waals surface area contributed by atoms with E-state index >= 15 is 0 Å². The van der Waals surface area contributed by atoms with Gasteiger partial charge in [-0.15, -0.1) is 0 Å². The molecule has 1 fully saturated rings.